The van der Waals surface area contributed by atoms with Crippen molar-refractivity contribution >= 4 is 10.0 Å². The van der Waals surface area contributed by atoms with Gasteiger partial charge in [-0.05, 0) is 6.07 Å². The molecule has 1 heterocycles. The first-order valence-electron chi connectivity index (χ1n) is 3.75. The Bertz CT molecular complexity index is 615. The summed E-state index contributed by atoms with van der Waals surface area (Å²) in [7, 11) is -4.40. The normalized spacial score (nSPS) is 11.4. The van der Waals surface area contributed by atoms with Crippen LogP contribution in [0.4, 0.5) is 8.78 Å². The molecular weight excluding hydrogens is 244 g/mol. The van der Waals surface area contributed by atoms with Crippen molar-refractivity contribution < 1.29 is 17.2 Å². The fourth-order valence-electron chi connectivity index (χ4n) is 1.00. The molecule has 9 heteroatoms. The molecule has 3 N–H and O–H groups in total. The molecule has 16 heavy (non-hydrogen) atoms. The van der Waals surface area contributed by atoms with Crippen molar-refractivity contribution in [2.24, 2.45) is 5.14 Å². The van der Waals surface area contributed by atoms with E-state index in [0.29, 0.717) is 6.07 Å². The Kier molecular flexibility index (Phi) is 3.06. The Morgan fingerprint density at radius 2 is 2.06 bits per heavy atom. The summed E-state index contributed by atoms with van der Waals surface area (Å²) in [4.78, 5) is 11.9. The van der Waals surface area contributed by atoms with Gasteiger partial charge in [0.25, 0.3) is 12.0 Å². The van der Waals surface area contributed by atoms with Gasteiger partial charge in [0, 0.05) is 0 Å². The molecule has 0 amide bonds. The number of primary sulfonamides is 1. The zero-order valence-corrected chi connectivity index (χ0v) is 8.38. The topological polar surface area (TPSA) is 117 Å². The molecule has 0 unspecified atom stereocenters. The molecule has 0 aliphatic carbocycles. The van der Waals surface area contributed by atoms with Gasteiger partial charge >= 0.3 is 0 Å². The van der Waals surface area contributed by atoms with Crippen LogP contribution in [0.1, 0.15) is 17.7 Å². The minimum Gasteiger partial charge on any atom is -0.320 e. The van der Waals surface area contributed by atoms with Gasteiger partial charge in [0.1, 0.15) is 16.5 Å². The maximum absolute atomic E-state index is 12.3. The molecular formula is C7H5F2N3O3S. The molecule has 1 aromatic rings. The van der Waals surface area contributed by atoms with Crippen LogP contribution in [0.5, 0.6) is 0 Å². The summed E-state index contributed by atoms with van der Waals surface area (Å²) in [5, 5.41) is 13.2. The van der Waals surface area contributed by atoms with E-state index in [0.717, 1.165) is 0 Å². The molecule has 0 bridgehead atoms. The van der Waals surface area contributed by atoms with Gasteiger partial charge < -0.3 is 4.98 Å². The van der Waals surface area contributed by atoms with Crippen molar-refractivity contribution in [3.8, 4) is 6.07 Å². The largest absolute Gasteiger partial charge is 0.320 e. The number of pyridine rings is 1. The molecule has 0 aromatic carbocycles. The van der Waals surface area contributed by atoms with Gasteiger partial charge in [-0.15, -0.1) is 0 Å². The van der Waals surface area contributed by atoms with E-state index < -0.39 is 38.2 Å². The number of halogens is 2. The number of nitrogens with one attached hydrogen (secondary N) is 1. The van der Waals surface area contributed by atoms with E-state index >= 15 is 0 Å². The van der Waals surface area contributed by atoms with Crippen LogP contribution in [0, 0.1) is 11.3 Å². The first-order chi connectivity index (χ1) is 7.27. The molecule has 0 saturated heterocycles. The number of hydrogen-bond donors (Lipinski definition) is 2. The molecule has 1 rings (SSSR count). The quantitative estimate of drug-likeness (QED) is 0.756. The van der Waals surface area contributed by atoms with Gasteiger partial charge in [-0.2, -0.15) is 5.26 Å². The number of H-pyrrole nitrogens is 1. The van der Waals surface area contributed by atoms with Crippen LogP contribution in [-0.2, 0) is 10.0 Å². The third kappa shape index (κ3) is 2.23. The summed E-state index contributed by atoms with van der Waals surface area (Å²) in [5.74, 6) is 0. The van der Waals surface area contributed by atoms with Gasteiger partial charge in [-0.1, -0.05) is 0 Å². The molecule has 0 fully saturated rings. The number of rotatable bonds is 2. The summed E-state index contributed by atoms with van der Waals surface area (Å²) in [6, 6.07) is 1.76. The Morgan fingerprint density at radius 3 is 2.44 bits per heavy atom. The van der Waals surface area contributed by atoms with E-state index in [4.69, 9.17) is 10.4 Å². The first kappa shape index (κ1) is 12.3. The maximum atomic E-state index is 12.3. The molecule has 86 valence electrons. The van der Waals surface area contributed by atoms with Gasteiger partial charge in [-0.3, -0.25) is 4.79 Å². The lowest BCUT2D eigenvalue weighted by Gasteiger charge is -2.04. The average molecular weight is 249 g/mol. The van der Waals surface area contributed by atoms with Crippen LogP contribution < -0.4 is 10.7 Å². The molecule has 6 nitrogen and oxygen atoms in total. The van der Waals surface area contributed by atoms with Gasteiger partial charge in [0.2, 0.25) is 10.0 Å². The van der Waals surface area contributed by atoms with Crippen molar-refractivity contribution in [2.75, 3.05) is 0 Å². The average Bonchev–Trinajstić information content (AvgIpc) is 2.14. The lowest BCUT2D eigenvalue weighted by Crippen LogP contribution is -2.22. The van der Waals surface area contributed by atoms with E-state index in [2.05, 4.69) is 0 Å². The van der Waals surface area contributed by atoms with E-state index in [1.54, 1.807) is 4.98 Å². The summed E-state index contributed by atoms with van der Waals surface area (Å²) in [6.45, 7) is 0. The van der Waals surface area contributed by atoms with Crippen LogP contribution in [0.25, 0.3) is 0 Å². The van der Waals surface area contributed by atoms with Gasteiger partial charge in [-0.25, -0.2) is 22.3 Å². The highest BCUT2D eigenvalue weighted by Gasteiger charge is 2.21. The third-order valence-electron chi connectivity index (χ3n) is 1.67. The van der Waals surface area contributed by atoms with Crippen LogP contribution >= 0.6 is 0 Å². The van der Waals surface area contributed by atoms with E-state index in [1.807, 2.05) is 0 Å². The second-order valence-corrected chi connectivity index (χ2v) is 4.28. The van der Waals surface area contributed by atoms with Gasteiger partial charge in [0.05, 0.1) is 5.69 Å². The molecule has 0 radical (unpaired) electrons. The highest BCUT2D eigenvalue weighted by Crippen LogP contribution is 2.19. The van der Waals surface area contributed by atoms with Crippen molar-refractivity contribution in [1.29, 1.82) is 5.26 Å². The fourth-order valence-corrected chi connectivity index (χ4v) is 1.72. The minimum atomic E-state index is -4.40. The predicted octanol–water partition coefficient (Wildman–Crippen LogP) is -0.168. The Labute approximate surface area is 88.4 Å². The molecule has 0 atom stereocenters. The number of aromatic amines is 1. The summed E-state index contributed by atoms with van der Waals surface area (Å²) in [5.41, 5.74) is -2.94. The number of sulfonamides is 1. The number of nitriles is 1. The minimum absolute atomic E-state index is 0.472. The fraction of sp³-hybridized carbons (Fsp3) is 0.143. The number of hydrogen-bond acceptors (Lipinski definition) is 4. The molecule has 0 saturated carbocycles. The number of nitrogens with zero attached hydrogens (tertiary/aromatic N) is 1. The number of alkyl halides is 2. The lowest BCUT2D eigenvalue weighted by atomic mass is 10.2. The highest BCUT2D eigenvalue weighted by atomic mass is 32.2. The third-order valence-corrected chi connectivity index (χ3v) is 2.61. The van der Waals surface area contributed by atoms with Crippen LogP contribution in [0.2, 0.25) is 0 Å². The molecule has 0 spiro atoms. The zero-order valence-electron chi connectivity index (χ0n) is 7.57. The van der Waals surface area contributed by atoms with Crippen molar-refractivity contribution in [3.05, 3.63) is 27.7 Å². The van der Waals surface area contributed by atoms with Crippen molar-refractivity contribution in [1.82, 2.24) is 4.98 Å². The standard InChI is InChI=1S/C7H5F2N3O3S/c8-6(9)4-1-5(16(11,14)15)3(2-10)7(13)12-4/h1,6H,(H,12,13)(H2,11,14,15). The Hall–Kier alpha value is -1.79. The first-order valence-corrected chi connectivity index (χ1v) is 5.30. The summed E-state index contributed by atoms with van der Waals surface area (Å²) in [6.07, 6.45) is -3.07. The van der Waals surface area contributed by atoms with Crippen molar-refractivity contribution in [3.63, 3.8) is 0 Å². The Morgan fingerprint density at radius 1 is 1.50 bits per heavy atom. The number of aromatic nitrogens is 1. The zero-order chi connectivity index (χ0) is 12.5. The summed E-state index contributed by atoms with van der Waals surface area (Å²) < 4.78 is 46.5. The maximum Gasteiger partial charge on any atom is 0.278 e. The van der Waals surface area contributed by atoms with Gasteiger partial charge in [0.15, 0.2) is 0 Å². The smallest absolute Gasteiger partial charge is 0.278 e. The van der Waals surface area contributed by atoms with E-state index in [-0.39, 0.29) is 0 Å². The summed E-state index contributed by atoms with van der Waals surface area (Å²) >= 11 is 0. The van der Waals surface area contributed by atoms with Crippen LogP contribution in [-0.4, -0.2) is 13.4 Å². The van der Waals surface area contributed by atoms with E-state index in [1.165, 1.54) is 6.07 Å². The number of nitrogens with two attached hydrogens (primary N) is 1. The van der Waals surface area contributed by atoms with Crippen LogP contribution in [0.15, 0.2) is 15.8 Å². The molecule has 1 aromatic heterocycles. The predicted molar refractivity (Wildman–Crippen MR) is 48.1 cm³/mol. The lowest BCUT2D eigenvalue weighted by molar-refractivity contribution is 0.145. The second kappa shape index (κ2) is 3.99. The highest BCUT2D eigenvalue weighted by molar-refractivity contribution is 7.89. The molecule has 0 aliphatic heterocycles. The molecule has 0 aliphatic rings. The SMILES string of the molecule is N#Cc1c(S(N)(=O)=O)cc(C(F)F)[nH]c1=O. The van der Waals surface area contributed by atoms with Crippen LogP contribution in [0.3, 0.4) is 0 Å². The monoisotopic (exact) mass is 249 g/mol. The van der Waals surface area contributed by atoms with Crippen molar-refractivity contribution in [2.45, 2.75) is 11.3 Å². The second-order valence-electron chi connectivity index (χ2n) is 2.75. The Balaban J connectivity index is 3.72. The van der Waals surface area contributed by atoms with E-state index in [9.17, 15) is 22.0 Å².